The molecule has 2 N–H and O–H groups in total. The van der Waals surface area contributed by atoms with E-state index in [1.165, 1.54) is 0 Å². The van der Waals surface area contributed by atoms with Crippen LogP contribution >= 0.6 is 0 Å². The molecule has 0 aliphatic heterocycles. The highest BCUT2D eigenvalue weighted by Gasteiger charge is 2.06. The molecule has 2 unspecified atom stereocenters. The van der Waals surface area contributed by atoms with Crippen molar-refractivity contribution in [1.29, 1.82) is 0 Å². The molecule has 0 saturated carbocycles. The summed E-state index contributed by atoms with van der Waals surface area (Å²) in [7, 11) is 1.71. The van der Waals surface area contributed by atoms with E-state index in [-0.39, 0.29) is 12.7 Å². The molecule has 0 radical (unpaired) electrons. The minimum absolute atomic E-state index is 0.248. The Kier molecular flexibility index (Phi) is 7.45. The number of rotatable bonds is 7. The summed E-state index contributed by atoms with van der Waals surface area (Å²) in [4.78, 5) is 0. The third kappa shape index (κ3) is 5.52. The van der Waals surface area contributed by atoms with Crippen molar-refractivity contribution < 1.29 is 9.84 Å². The van der Waals surface area contributed by atoms with Crippen LogP contribution in [0.25, 0.3) is 0 Å². The summed E-state index contributed by atoms with van der Waals surface area (Å²) in [5.74, 6) is 0. The molecule has 0 saturated heterocycles. The zero-order valence-electron chi connectivity index (χ0n) is 8.34. The summed E-state index contributed by atoms with van der Waals surface area (Å²) in [5, 5.41) is 12.1. The van der Waals surface area contributed by atoms with Crippen LogP contribution in [-0.2, 0) is 4.74 Å². The van der Waals surface area contributed by atoms with Gasteiger partial charge in [0.1, 0.15) is 0 Å². The van der Waals surface area contributed by atoms with Crippen molar-refractivity contribution in [2.45, 2.75) is 38.8 Å². The summed E-state index contributed by atoms with van der Waals surface area (Å²) >= 11 is 0. The van der Waals surface area contributed by atoms with Crippen LogP contribution in [0.3, 0.4) is 0 Å². The Morgan fingerprint density at radius 3 is 2.58 bits per heavy atom. The first kappa shape index (κ1) is 11.9. The van der Waals surface area contributed by atoms with Crippen molar-refractivity contribution in [3.63, 3.8) is 0 Å². The van der Waals surface area contributed by atoms with Crippen molar-refractivity contribution in [3.8, 4) is 0 Å². The van der Waals surface area contributed by atoms with Gasteiger partial charge in [0, 0.05) is 26.3 Å². The molecule has 0 aliphatic carbocycles. The first-order valence-corrected chi connectivity index (χ1v) is 4.61. The molecule has 0 fully saturated rings. The van der Waals surface area contributed by atoms with E-state index in [4.69, 9.17) is 9.84 Å². The standard InChI is InChI=1S/C9H21NO2/c1-4-9(5-6-11)10-7-8(2)12-3/h8-11H,4-7H2,1-3H3. The highest BCUT2D eigenvalue weighted by atomic mass is 16.5. The maximum Gasteiger partial charge on any atom is 0.0667 e. The Morgan fingerprint density at radius 1 is 1.50 bits per heavy atom. The average Bonchev–Trinajstić information content (AvgIpc) is 2.11. The lowest BCUT2D eigenvalue weighted by Crippen LogP contribution is -2.35. The fourth-order valence-electron chi connectivity index (χ4n) is 1.02. The first-order valence-electron chi connectivity index (χ1n) is 4.61. The Labute approximate surface area is 75.1 Å². The van der Waals surface area contributed by atoms with E-state index in [9.17, 15) is 0 Å². The van der Waals surface area contributed by atoms with Gasteiger partial charge in [-0.3, -0.25) is 0 Å². The average molecular weight is 175 g/mol. The Morgan fingerprint density at radius 2 is 2.17 bits per heavy atom. The van der Waals surface area contributed by atoms with Gasteiger partial charge >= 0.3 is 0 Å². The second-order valence-electron chi connectivity index (χ2n) is 3.07. The van der Waals surface area contributed by atoms with Crippen molar-refractivity contribution >= 4 is 0 Å². The van der Waals surface area contributed by atoms with Gasteiger partial charge in [-0.15, -0.1) is 0 Å². The van der Waals surface area contributed by atoms with Crippen molar-refractivity contribution in [2.75, 3.05) is 20.3 Å². The van der Waals surface area contributed by atoms with E-state index in [2.05, 4.69) is 12.2 Å². The number of ether oxygens (including phenoxy) is 1. The molecule has 0 aromatic carbocycles. The minimum Gasteiger partial charge on any atom is -0.396 e. The molecule has 0 aliphatic rings. The van der Waals surface area contributed by atoms with Crippen molar-refractivity contribution in [2.24, 2.45) is 0 Å². The molecule has 0 amide bonds. The highest BCUT2D eigenvalue weighted by molar-refractivity contribution is 4.66. The zero-order valence-corrected chi connectivity index (χ0v) is 8.34. The van der Waals surface area contributed by atoms with Gasteiger partial charge in [-0.1, -0.05) is 6.92 Å². The van der Waals surface area contributed by atoms with Gasteiger partial charge < -0.3 is 15.2 Å². The molecule has 0 rings (SSSR count). The molecule has 3 heteroatoms. The van der Waals surface area contributed by atoms with E-state index >= 15 is 0 Å². The van der Waals surface area contributed by atoms with Crippen LogP contribution < -0.4 is 5.32 Å². The van der Waals surface area contributed by atoms with Gasteiger partial charge in [-0.05, 0) is 19.8 Å². The molecule has 0 bridgehead atoms. The van der Waals surface area contributed by atoms with Crippen LogP contribution in [0.5, 0.6) is 0 Å². The number of aliphatic hydroxyl groups is 1. The molecule has 2 atom stereocenters. The van der Waals surface area contributed by atoms with Crippen LogP contribution in [0.15, 0.2) is 0 Å². The Balaban J connectivity index is 3.43. The fourth-order valence-corrected chi connectivity index (χ4v) is 1.02. The van der Waals surface area contributed by atoms with Crippen molar-refractivity contribution in [3.05, 3.63) is 0 Å². The monoisotopic (exact) mass is 175 g/mol. The van der Waals surface area contributed by atoms with E-state index in [0.29, 0.717) is 6.04 Å². The quantitative estimate of drug-likeness (QED) is 0.600. The zero-order chi connectivity index (χ0) is 9.40. The smallest absolute Gasteiger partial charge is 0.0667 e. The van der Waals surface area contributed by atoms with E-state index in [0.717, 1.165) is 19.4 Å². The summed E-state index contributed by atoms with van der Waals surface area (Å²) in [6.45, 7) is 5.26. The largest absolute Gasteiger partial charge is 0.396 e. The number of hydrogen-bond acceptors (Lipinski definition) is 3. The minimum atomic E-state index is 0.248. The summed E-state index contributed by atoms with van der Waals surface area (Å²) in [5.41, 5.74) is 0. The number of hydrogen-bond donors (Lipinski definition) is 2. The molecule has 12 heavy (non-hydrogen) atoms. The van der Waals surface area contributed by atoms with Gasteiger partial charge in [-0.2, -0.15) is 0 Å². The van der Waals surface area contributed by atoms with Crippen molar-refractivity contribution in [1.82, 2.24) is 5.32 Å². The van der Waals surface area contributed by atoms with E-state index in [1.807, 2.05) is 6.92 Å². The molecular weight excluding hydrogens is 154 g/mol. The number of methoxy groups -OCH3 is 1. The van der Waals surface area contributed by atoms with Crippen LogP contribution in [0, 0.1) is 0 Å². The lowest BCUT2D eigenvalue weighted by molar-refractivity contribution is 0.112. The Hall–Kier alpha value is -0.120. The molecule has 0 heterocycles. The summed E-state index contributed by atoms with van der Waals surface area (Å²) in [6, 6.07) is 0.424. The van der Waals surface area contributed by atoms with Gasteiger partial charge in [0.25, 0.3) is 0 Å². The molecule has 74 valence electrons. The maximum atomic E-state index is 8.72. The van der Waals surface area contributed by atoms with Gasteiger partial charge in [0.15, 0.2) is 0 Å². The molecule has 3 nitrogen and oxygen atoms in total. The van der Waals surface area contributed by atoms with Crippen LogP contribution in [0.1, 0.15) is 26.7 Å². The molecule has 0 aromatic heterocycles. The molecular formula is C9H21NO2. The highest BCUT2D eigenvalue weighted by Crippen LogP contribution is 1.97. The summed E-state index contributed by atoms with van der Waals surface area (Å²) in [6.07, 6.45) is 2.13. The first-order chi connectivity index (χ1) is 5.74. The van der Waals surface area contributed by atoms with Crippen LogP contribution in [0.2, 0.25) is 0 Å². The second-order valence-corrected chi connectivity index (χ2v) is 3.07. The second kappa shape index (κ2) is 7.53. The normalized spacial score (nSPS) is 16.0. The fraction of sp³-hybridized carbons (Fsp3) is 1.00. The topological polar surface area (TPSA) is 41.5 Å². The van der Waals surface area contributed by atoms with Gasteiger partial charge in [0.05, 0.1) is 6.10 Å². The lowest BCUT2D eigenvalue weighted by atomic mass is 10.1. The van der Waals surface area contributed by atoms with Crippen LogP contribution in [-0.4, -0.2) is 37.5 Å². The Bertz CT molecular complexity index is 98.5. The molecule has 0 spiro atoms. The van der Waals surface area contributed by atoms with Crippen LogP contribution in [0.4, 0.5) is 0 Å². The third-order valence-electron chi connectivity index (χ3n) is 2.07. The van der Waals surface area contributed by atoms with Gasteiger partial charge in [0.2, 0.25) is 0 Å². The summed E-state index contributed by atoms with van der Waals surface area (Å²) < 4.78 is 5.10. The van der Waals surface area contributed by atoms with E-state index < -0.39 is 0 Å². The third-order valence-corrected chi connectivity index (χ3v) is 2.07. The van der Waals surface area contributed by atoms with Gasteiger partial charge in [-0.25, -0.2) is 0 Å². The molecule has 0 aromatic rings. The number of nitrogens with one attached hydrogen (secondary N) is 1. The van der Waals surface area contributed by atoms with E-state index in [1.54, 1.807) is 7.11 Å². The predicted octanol–water partition coefficient (Wildman–Crippen LogP) is 0.772. The predicted molar refractivity (Wildman–Crippen MR) is 50.3 cm³/mol. The number of aliphatic hydroxyl groups excluding tert-OH is 1. The SMILES string of the molecule is CCC(CCO)NCC(C)OC. The maximum absolute atomic E-state index is 8.72. The lowest BCUT2D eigenvalue weighted by Gasteiger charge is -2.18.